The molecule has 2 rings (SSSR count). The molecule has 0 saturated heterocycles. The quantitative estimate of drug-likeness (QED) is 0.853. The molecular formula is C16H18ClN. The topological polar surface area (TPSA) is 12.0 Å². The molecule has 0 fully saturated rings. The van der Waals surface area contributed by atoms with Gasteiger partial charge in [0.05, 0.1) is 0 Å². The standard InChI is InChI=1S/C16H18ClN/c1-12-5-3-4-6-15(12)11-18-13(2)14-7-9-16(17)10-8-14/h3-10,13,18H,11H2,1-2H3. The molecule has 1 N–H and O–H groups in total. The molecule has 1 unspecified atom stereocenters. The Morgan fingerprint density at radius 2 is 1.72 bits per heavy atom. The Morgan fingerprint density at radius 1 is 1.06 bits per heavy atom. The minimum Gasteiger partial charge on any atom is -0.306 e. The van der Waals surface area contributed by atoms with Crippen LogP contribution in [-0.4, -0.2) is 0 Å². The zero-order valence-electron chi connectivity index (χ0n) is 10.8. The Hall–Kier alpha value is -1.31. The summed E-state index contributed by atoms with van der Waals surface area (Å²) in [7, 11) is 0. The van der Waals surface area contributed by atoms with Crippen molar-refractivity contribution >= 4 is 11.6 Å². The lowest BCUT2D eigenvalue weighted by atomic mass is 10.1. The average molecular weight is 260 g/mol. The van der Waals surface area contributed by atoms with Gasteiger partial charge in [0, 0.05) is 17.6 Å². The minimum atomic E-state index is 0.321. The van der Waals surface area contributed by atoms with E-state index in [1.807, 2.05) is 12.1 Å². The number of benzene rings is 2. The normalized spacial score (nSPS) is 12.4. The van der Waals surface area contributed by atoms with Gasteiger partial charge in [0.15, 0.2) is 0 Å². The minimum absolute atomic E-state index is 0.321. The zero-order chi connectivity index (χ0) is 13.0. The van der Waals surface area contributed by atoms with E-state index in [0.29, 0.717) is 6.04 Å². The van der Waals surface area contributed by atoms with E-state index >= 15 is 0 Å². The predicted octanol–water partition coefficient (Wildman–Crippen LogP) is 4.50. The first kappa shape index (κ1) is 13.1. The van der Waals surface area contributed by atoms with E-state index in [9.17, 15) is 0 Å². The maximum absolute atomic E-state index is 5.89. The summed E-state index contributed by atoms with van der Waals surface area (Å²) in [6, 6.07) is 16.8. The molecule has 94 valence electrons. The zero-order valence-corrected chi connectivity index (χ0v) is 11.5. The van der Waals surface area contributed by atoms with Crippen LogP contribution in [0.5, 0.6) is 0 Å². The fraction of sp³-hybridized carbons (Fsp3) is 0.250. The van der Waals surface area contributed by atoms with Gasteiger partial charge in [-0.1, -0.05) is 48.0 Å². The molecule has 1 atom stereocenters. The summed E-state index contributed by atoms with van der Waals surface area (Å²) < 4.78 is 0. The third-order valence-electron chi connectivity index (χ3n) is 3.23. The van der Waals surface area contributed by atoms with Gasteiger partial charge < -0.3 is 5.32 Å². The van der Waals surface area contributed by atoms with Gasteiger partial charge >= 0.3 is 0 Å². The summed E-state index contributed by atoms with van der Waals surface area (Å²) in [6.45, 7) is 5.20. The van der Waals surface area contributed by atoms with Gasteiger partial charge in [0.2, 0.25) is 0 Å². The number of aryl methyl sites for hydroxylation is 1. The van der Waals surface area contributed by atoms with Crippen LogP contribution in [-0.2, 0) is 6.54 Å². The van der Waals surface area contributed by atoms with Crippen LogP contribution >= 0.6 is 11.6 Å². The lowest BCUT2D eigenvalue weighted by Crippen LogP contribution is -2.18. The second-order valence-electron chi connectivity index (χ2n) is 4.58. The molecule has 0 bridgehead atoms. The average Bonchev–Trinajstić information content (AvgIpc) is 2.38. The molecule has 0 saturated carbocycles. The van der Waals surface area contributed by atoms with Crippen LogP contribution in [0.3, 0.4) is 0 Å². The summed E-state index contributed by atoms with van der Waals surface area (Å²) in [5.74, 6) is 0. The lowest BCUT2D eigenvalue weighted by molar-refractivity contribution is 0.573. The Bertz CT molecular complexity index is 505. The van der Waals surface area contributed by atoms with E-state index in [0.717, 1.165) is 11.6 Å². The van der Waals surface area contributed by atoms with Gasteiger partial charge in [0.1, 0.15) is 0 Å². The third-order valence-corrected chi connectivity index (χ3v) is 3.48. The highest BCUT2D eigenvalue weighted by molar-refractivity contribution is 6.30. The molecule has 2 aromatic rings. The molecule has 0 aliphatic rings. The Morgan fingerprint density at radius 3 is 2.39 bits per heavy atom. The van der Waals surface area contributed by atoms with Crippen molar-refractivity contribution in [3.8, 4) is 0 Å². The van der Waals surface area contributed by atoms with Crippen molar-refractivity contribution in [3.05, 3.63) is 70.2 Å². The maximum Gasteiger partial charge on any atom is 0.0406 e. The number of rotatable bonds is 4. The van der Waals surface area contributed by atoms with Crippen LogP contribution < -0.4 is 5.32 Å². The first-order valence-electron chi connectivity index (χ1n) is 6.20. The Kier molecular flexibility index (Phi) is 4.40. The molecule has 0 spiro atoms. The van der Waals surface area contributed by atoms with Gasteiger partial charge in [-0.05, 0) is 42.7 Å². The van der Waals surface area contributed by atoms with Gasteiger partial charge in [0.25, 0.3) is 0 Å². The molecule has 0 amide bonds. The van der Waals surface area contributed by atoms with Crippen molar-refractivity contribution in [2.24, 2.45) is 0 Å². The second kappa shape index (κ2) is 6.03. The number of hydrogen-bond donors (Lipinski definition) is 1. The van der Waals surface area contributed by atoms with Gasteiger partial charge in [-0.15, -0.1) is 0 Å². The monoisotopic (exact) mass is 259 g/mol. The molecule has 2 aromatic carbocycles. The van der Waals surface area contributed by atoms with Crippen LogP contribution in [0.4, 0.5) is 0 Å². The third kappa shape index (κ3) is 3.34. The molecular weight excluding hydrogens is 242 g/mol. The highest BCUT2D eigenvalue weighted by atomic mass is 35.5. The molecule has 2 heteroatoms. The first-order valence-corrected chi connectivity index (χ1v) is 6.58. The van der Waals surface area contributed by atoms with E-state index in [4.69, 9.17) is 11.6 Å². The number of nitrogens with one attached hydrogen (secondary N) is 1. The van der Waals surface area contributed by atoms with Crippen molar-refractivity contribution < 1.29 is 0 Å². The van der Waals surface area contributed by atoms with Gasteiger partial charge in [-0.3, -0.25) is 0 Å². The van der Waals surface area contributed by atoms with E-state index in [1.54, 1.807) is 0 Å². The van der Waals surface area contributed by atoms with E-state index in [2.05, 4.69) is 55.6 Å². The largest absolute Gasteiger partial charge is 0.306 e. The molecule has 18 heavy (non-hydrogen) atoms. The van der Waals surface area contributed by atoms with Crippen molar-refractivity contribution in [3.63, 3.8) is 0 Å². The lowest BCUT2D eigenvalue weighted by Gasteiger charge is -2.15. The molecule has 0 aromatic heterocycles. The van der Waals surface area contributed by atoms with Crippen LogP contribution in [0, 0.1) is 6.92 Å². The number of hydrogen-bond acceptors (Lipinski definition) is 1. The van der Waals surface area contributed by atoms with Gasteiger partial charge in [-0.2, -0.15) is 0 Å². The van der Waals surface area contributed by atoms with Crippen LogP contribution in [0.2, 0.25) is 5.02 Å². The summed E-state index contributed by atoms with van der Waals surface area (Å²) in [5, 5.41) is 4.31. The summed E-state index contributed by atoms with van der Waals surface area (Å²) in [4.78, 5) is 0. The smallest absolute Gasteiger partial charge is 0.0406 e. The summed E-state index contributed by atoms with van der Waals surface area (Å²) in [5.41, 5.74) is 3.93. The van der Waals surface area contributed by atoms with E-state index in [-0.39, 0.29) is 0 Å². The van der Waals surface area contributed by atoms with E-state index < -0.39 is 0 Å². The maximum atomic E-state index is 5.89. The summed E-state index contributed by atoms with van der Waals surface area (Å²) >= 11 is 5.89. The summed E-state index contributed by atoms with van der Waals surface area (Å²) in [6.07, 6.45) is 0. The molecule has 1 nitrogen and oxygen atoms in total. The highest BCUT2D eigenvalue weighted by Crippen LogP contribution is 2.17. The fourth-order valence-electron chi connectivity index (χ4n) is 1.94. The molecule has 0 aliphatic heterocycles. The Balaban J connectivity index is 1.98. The van der Waals surface area contributed by atoms with Crippen LogP contribution in [0.25, 0.3) is 0 Å². The Labute approximate surface area is 114 Å². The van der Waals surface area contributed by atoms with Crippen molar-refractivity contribution in [1.29, 1.82) is 0 Å². The van der Waals surface area contributed by atoms with E-state index in [1.165, 1.54) is 16.7 Å². The number of halogens is 1. The van der Waals surface area contributed by atoms with Crippen molar-refractivity contribution in [2.45, 2.75) is 26.4 Å². The molecule has 0 heterocycles. The first-order chi connectivity index (χ1) is 8.66. The molecule has 0 radical (unpaired) electrons. The second-order valence-corrected chi connectivity index (χ2v) is 5.02. The van der Waals surface area contributed by atoms with Crippen LogP contribution in [0.15, 0.2) is 48.5 Å². The molecule has 0 aliphatic carbocycles. The highest BCUT2D eigenvalue weighted by Gasteiger charge is 2.05. The van der Waals surface area contributed by atoms with Crippen molar-refractivity contribution in [2.75, 3.05) is 0 Å². The van der Waals surface area contributed by atoms with Crippen molar-refractivity contribution in [1.82, 2.24) is 5.32 Å². The van der Waals surface area contributed by atoms with Crippen LogP contribution in [0.1, 0.15) is 29.7 Å². The van der Waals surface area contributed by atoms with Gasteiger partial charge in [-0.25, -0.2) is 0 Å². The predicted molar refractivity (Wildman–Crippen MR) is 77.9 cm³/mol. The SMILES string of the molecule is Cc1ccccc1CNC(C)c1ccc(Cl)cc1. The fourth-order valence-corrected chi connectivity index (χ4v) is 2.07.